The van der Waals surface area contributed by atoms with Crippen molar-refractivity contribution in [1.82, 2.24) is 10.3 Å². The predicted octanol–water partition coefficient (Wildman–Crippen LogP) is 3.38. The third kappa shape index (κ3) is 3.80. The lowest BCUT2D eigenvalue weighted by molar-refractivity contribution is -0.123. The maximum Gasteiger partial charge on any atom is 0.220 e. The summed E-state index contributed by atoms with van der Waals surface area (Å²) in [5.41, 5.74) is 0.705. The summed E-state index contributed by atoms with van der Waals surface area (Å²) in [7, 11) is 0. The molecule has 0 radical (unpaired) electrons. The van der Waals surface area contributed by atoms with Gasteiger partial charge in [-0.1, -0.05) is 20.3 Å². The lowest BCUT2D eigenvalue weighted by Crippen LogP contribution is -2.42. The number of nitrogens with one attached hydrogen (secondary N) is 1. The molecule has 0 aliphatic carbocycles. The van der Waals surface area contributed by atoms with E-state index >= 15 is 0 Å². The SMILES string of the molecule is CCCCC(=O)N[C@@](C)(CC)c1nc(C)cs1. The Morgan fingerprint density at radius 1 is 1.53 bits per heavy atom. The van der Waals surface area contributed by atoms with Crippen LogP contribution in [0.5, 0.6) is 0 Å². The summed E-state index contributed by atoms with van der Waals surface area (Å²) in [5, 5.41) is 6.15. The number of unbranched alkanes of at least 4 members (excludes halogenated alkanes) is 1. The molecule has 3 nitrogen and oxygen atoms in total. The van der Waals surface area contributed by atoms with Crippen molar-refractivity contribution in [1.29, 1.82) is 0 Å². The Balaban J connectivity index is 2.72. The van der Waals surface area contributed by atoms with Crippen LogP contribution in [0.2, 0.25) is 0 Å². The molecule has 0 spiro atoms. The van der Waals surface area contributed by atoms with E-state index in [1.165, 1.54) is 0 Å². The first kappa shape index (κ1) is 14.2. The van der Waals surface area contributed by atoms with Gasteiger partial charge in [0, 0.05) is 17.5 Å². The van der Waals surface area contributed by atoms with Crippen molar-refractivity contribution in [2.75, 3.05) is 0 Å². The zero-order valence-electron chi connectivity index (χ0n) is 11.2. The van der Waals surface area contributed by atoms with Crippen LogP contribution in [0.1, 0.15) is 57.2 Å². The van der Waals surface area contributed by atoms with E-state index in [9.17, 15) is 4.79 Å². The van der Waals surface area contributed by atoms with E-state index in [0.717, 1.165) is 30.0 Å². The highest BCUT2D eigenvalue weighted by Crippen LogP contribution is 2.27. The minimum absolute atomic E-state index is 0.129. The fourth-order valence-corrected chi connectivity index (χ4v) is 2.60. The van der Waals surface area contributed by atoms with E-state index in [4.69, 9.17) is 0 Å². The molecule has 0 fully saturated rings. The van der Waals surface area contributed by atoms with Crippen LogP contribution in [0.3, 0.4) is 0 Å². The van der Waals surface area contributed by atoms with Gasteiger partial charge in [-0.25, -0.2) is 4.98 Å². The number of thiazole rings is 1. The summed E-state index contributed by atoms with van der Waals surface area (Å²) in [6, 6.07) is 0. The van der Waals surface area contributed by atoms with Gasteiger partial charge in [-0.05, 0) is 26.7 Å². The molecule has 1 heterocycles. The maximum absolute atomic E-state index is 11.8. The van der Waals surface area contributed by atoms with Gasteiger partial charge >= 0.3 is 0 Å². The molecule has 0 saturated carbocycles. The zero-order valence-corrected chi connectivity index (χ0v) is 12.0. The molecule has 1 aromatic heterocycles. The van der Waals surface area contributed by atoms with Crippen molar-refractivity contribution >= 4 is 17.2 Å². The first-order valence-corrected chi connectivity index (χ1v) is 7.13. The Labute approximate surface area is 108 Å². The van der Waals surface area contributed by atoms with Crippen LogP contribution in [0.15, 0.2) is 5.38 Å². The van der Waals surface area contributed by atoms with Gasteiger partial charge in [0.05, 0.1) is 5.54 Å². The molecule has 0 aromatic carbocycles. The van der Waals surface area contributed by atoms with E-state index in [2.05, 4.69) is 31.1 Å². The molecule has 0 bridgehead atoms. The van der Waals surface area contributed by atoms with Gasteiger partial charge < -0.3 is 5.32 Å². The number of nitrogens with zero attached hydrogens (tertiary/aromatic N) is 1. The Morgan fingerprint density at radius 2 is 2.24 bits per heavy atom. The van der Waals surface area contributed by atoms with Gasteiger partial charge in [0.2, 0.25) is 5.91 Å². The first-order valence-electron chi connectivity index (χ1n) is 6.25. The van der Waals surface area contributed by atoms with Crippen molar-refractivity contribution in [3.63, 3.8) is 0 Å². The fourth-order valence-electron chi connectivity index (χ4n) is 1.61. The highest BCUT2D eigenvalue weighted by molar-refractivity contribution is 7.09. The molecule has 1 aromatic rings. The Kier molecular flexibility index (Phi) is 5.12. The first-order chi connectivity index (χ1) is 8.01. The molecule has 1 N–H and O–H groups in total. The Morgan fingerprint density at radius 3 is 2.71 bits per heavy atom. The molecule has 0 unspecified atom stereocenters. The quantitative estimate of drug-likeness (QED) is 0.845. The van der Waals surface area contributed by atoms with Crippen molar-refractivity contribution < 1.29 is 4.79 Å². The van der Waals surface area contributed by atoms with Crippen molar-refractivity contribution in [3.05, 3.63) is 16.1 Å². The number of hydrogen-bond acceptors (Lipinski definition) is 3. The van der Waals surface area contributed by atoms with E-state index < -0.39 is 0 Å². The molecule has 1 rings (SSSR count). The van der Waals surface area contributed by atoms with Crippen LogP contribution < -0.4 is 5.32 Å². The molecule has 1 atom stereocenters. The van der Waals surface area contributed by atoms with Crippen LogP contribution in [0, 0.1) is 6.92 Å². The molecule has 0 saturated heterocycles. The maximum atomic E-state index is 11.8. The monoisotopic (exact) mass is 254 g/mol. The standard InChI is InChI=1S/C13H22N2OS/c1-5-7-8-11(16)15-13(4,6-2)12-14-10(3)9-17-12/h9H,5-8H2,1-4H3,(H,15,16)/t13-/m0/s1. The van der Waals surface area contributed by atoms with Gasteiger partial charge in [-0.2, -0.15) is 0 Å². The molecule has 4 heteroatoms. The van der Waals surface area contributed by atoms with Gasteiger partial charge in [-0.15, -0.1) is 11.3 Å². The smallest absolute Gasteiger partial charge is 0.220 e. The van der Waals surface area contributed by atoms with Gasteiger partial charge in [0.25, 0.3) is 0 Å². The van der Waals surface area contributed by atoms with Crippen molar-refractivity contribution in [3.8, 4) is 0 Å². The second kappa shape index (κ2) is 6.15. The number of rotatable bonds is 6. The molecular formula is C13H22N2OS. The van der Waals surface area contributed by atoms with Crippen LogP contribution in [0.4, 0.5) is 0 Å². The van der Waals surface area contributed by atoms with E-state index in [1.54, 1.807) is 11.3 Å². The minimum atomic E-state index is -0.316. The number of hydrogen-bond donors (Lipinski definition) is 1. The summed E-state index contributed by atoms with van der Waals surface area (Å²) in [6.07, 6.45) is 3.46. The van der Waals surface area contributed by atoms with E-state index in [0.29, 0.717) is 6.42 Å². The summed E-state index contributed by atoms with van der Waals surface area (Å²) >= 11 is 1.62. The Hall–Kier alpha value is -0.900. The van der Waals surface area contributed by atoms with Gasteiger partial charge in [0.15, 0.2) is 0 Å². The Bertz CT molecular complexity index is 375. The number of aryl methyl sites for hydroxylation is 1. The zero-order chi connectivity index (χ0) is 12.9. The van der Waals surface area contributed by atoms with E-state index in [-0.39, 0.29) is 11.4 Å². The molecule has 0 aliphatic heterocycles. The third-order valence-corrected chi connectivity index (χ3v) is 4.19. The summed E-state index contributed by atoms with van der Waals surface area (Å²) in [4.78, 5) is 16.3. The van der Waals surface area contributed by atoms with Crippen LogP contribution in [-0.4, -0.2) is 10.9 Å². The lowest BCUT2D eigenvalue weighted by atomic mass is 9.99. The third-order valence-electron chi connectivity index (χ3n) is 2.97. The van der Waals surface area contributed by atoms with Gasteiger partial charge in [-0.3, -0.25) is 4.79 Å². The molecule has 0 aliphatic rings. The number of carbonyl (C=O) groups excluding carboxylic acids is 1. The topological polar surface area (TPSA) is 42.0 Å². The van der Waals surface area contributed by atoms with Crippen LogP contribution in [-0.2, 0) is 10.3 Å². The lowest BCUT2D eigenvalue weighted by Gasteiger charge is -2.27. The van der Waals surface area contributed by atoms with E-state index in [1.807, 2.05) is 12.3 Å². The van der Waals surface area contributed by atoms with Crippen LogP contribution in [0.25, 0.3) is 0 Å². The average molecular weight is 254 g/mol. The number of aromatic nitrogens is 1. The summed E-state index contributed by atoms with van der Waals surface area (Å²) in [5.74, 6) is 0.129. The minimum Gasteiger partial charge on any atom is -0.344 e. The average Bonchev–Trinajstić information content (AvgIpc) is 2.73. The molecule has 96 valence electrons. The predicted molar refractivity (Wildman–Crippen MR) is 72.2 cm³/mol. The molecular weight excluding hydrogens is 232 g/mol. The summed E-state index contributed by atoms with van der Waals surface area (Å²) < 4.78 is 0. The highest BCUT2D eigenvalue weighted by Gasteiger charge is 2.29. The van der Waals surface area contributed by atoms with Crippen molar-refractivity contribution in [2.24, 2.45) is 0 Å². The van der Waals surface area contributed by atoms with Gasteiger partial charge in [0.1, 0.15) is 5.01 Å². The van der Waals surface area contributed by atoms with Crippen LogP contribution >= 0.6 is 11.3 Å². The largest absolute Gasteiger partial charge is 0.344 e. The molecule has 17 heavy (non-hydrogen) atoms. The fraction of sp³-hybridized carbons (Fsp3) is 0.692. The number of carbonyl (C=O) groups is 1. The van der Waals surface area contributed by atoms with Crippen molar-refractivity contribution in [2.45, 2.75) is 58.9 Å². The second-order valence-electron chi connectivity index (χ2n) is 4.63. The summed E-state index contributed by atoms with van der Waals surface area (Å²) in [6.45, 7) is 8.21. The number of amides is 1. The second-order valence-corrected chi connectivity index (χ2v) is 5.49. The molecule has 1 amide bonds. The normalized spacial score (nSPS) is 14.4. The highest BCUT2D eigenvalue weighted by atomic mass is 32.1.